The fraction of sp³-hybridized carbons (Fsp3) is 0. The minimum absolute atomic E-state index is 0.475. The fourth-order valence-corrected chi connectivity index (χ4v) is 12.2. The summed E-state index contributed by atoms with van der Waals surface area (Å²) in [5.41, 5.74) is 16.1. The Hall–Kier alpha value is -10.4. The van der Waals surface area contributed by atoms with E-state index in [1.54, 1.807) is 0 Å². The van der Waals surface area contributed by atoms with Crippen LogP contribution in [0.3, 0.4) is 0 Å². The van der Waals surface area contributed by atoms with Gasteiger partial charge in [-0.15, -0.1) is 0 Å². The smallest absolute Gasteiger partial charge is 0.147 e. The molecule has 0 fully saturated rings. The zero-order valence-corrected chi connectivity index (χ0v) is 40.1. The van der Waals surface area contributed by atoms with Gasteiger partial charge in [-0.05, 0) is 96.1 Å². The fourth-order valence-electron chi connectivity index (χ4n) is 12.2. The van der Waals surface area contributed by atoms with Crippen LogP contribution in [0.15, 0.2) is 245 Å². The first-order chi connectivity index (χ1) is 37.2. The maximum atomic E-state index is 12.6. The Balaban J connectivity index is 1.23. The molecule has 0 N–H and O–H groups in total. The van der Waals surface area contributed by atoms with Crippen LogP contribution in [-0.2, 0) is 0 Å². The Labute approximate surface area is 428 Å². The van der Waals surface area contributed by atoms with Gasteiger partial charge in [0.2, 0.25) is 0 Å². The molecule has 5 heterocycles. The van der Waals surface area contributed by atoms with E-state index < -0.39 is 0 Å². The Morgan fingerprint density at radius 2 is 0.733 bits per heavy atom. The largest absolute Gasteiger partial charge is 0.456 e. The highest BCUT2D eigenvalue weighted by molar-refractivity contribution is 6.17. The summed E-state index contributed by atoms with van der Waals surface area (Å²) in [5.74, 6) is 0.637. The number of nitrogens with zero attached hydrogens (tertiary/aromatic N) is 5. The maximum Gasteiger partial charge on any atom is 0.147 e. The molecule has 348 valence electrons. The van der Waals surface area contributed by atoms with Gasteiger partial charge in [-0.2, -0.15) is 5.26 Å². The summed E-state index contributed by atoms with van der Waals surface area (Å²) in [4.78, 5) is 5.68. The predicted octanol–water partition coefficient (Wildman–Crippen LogP) is 17.9. The number of imidazole rings is 1. The summed E-state index contributed by atoms with van der Waals surface area (Å²) in [6, 6.07) is 85.6. The zero-order valence-electron chi connectivity index (χ0n) is 40.1. The van der Waals surface area contributed by atoms with Crippen molar-refractivity contribution < 1.29 is 8.83 Å². The summed E-state index contributed by atoms with van der Waals surface area (Å²) < 4.78 is 20.2. The monoisotopic (exact) mass is 957 g/mol. The van der Waals surface area contributed by atoms with Gasteiger partial charge in [-0.3, -0.25) is 4.57 Å². The molecule has 5 aromatic heterocycles. The lowest BCUT2D eigenvalue weighted by Gasteiger charge is -2.28. The van der Waals surface area contributed by atoms with Crippen molar-refractivity contribution in [1.82, 2.24) is 18.7 Å². The summed E-state index contributed by atoms with van der Waals surface area (Å²) in [6.07, 6.45) is 0. The van der Waals surface area contributed by atoms with Gasteiger partial charge >= 0.3 is 0 Å². The third-order valence-corrected chi connectivity index (χ3v) is 15.3. The first-order valence-corrected chi connectivity index (χ1v) is 25.2. The van der Waals surface area contributed by atoms with Gasteiger partial charge in [0.05, 0.1) is 50.0 Å². The molecule has 75 heavy (non-hydrogen) atoms. The third kappa shape index (κ3) is 5.87. The zero-order chi connectivity index (χ0) is 49.3. The molecule has 0 saturated carbocycles. The van der Waals surface area contributed by atoms with E-state index in [-0.39, 0.29) is 0 Å². The molecule has 7 nitrogen and oxygen atoms in total. The van der Waals surface area contributed by atoms with E-state index >= 15 is 0 Å². The summed E-state index contributed by atoms with van der Waals surface area (Å²) in [6.45, 7) is 0. The van der Waals surface area contributed by atoms with Gasteiger partial charge in [0.15, 0.2) is 0 Å². The molecule has 0 bridgehead atoms. The molecule has 0 unspecified atom stereocenters. The van der Waals surface area contributed by atoms with Crippen LogP contribution in [0.5, 0.6) is 0 Å². The molecule has 16 aromatic rings. The normalized spacial score (nSPS) is 12.0. The maximum absolute atomic E-state index is 12.6. The Kier molecular flexibility index (Phi) is 8.68. The van der Waals surface area contributed by atoms with Crippen LogP contribution in [-0.4, -0.2) is 18.7 Å². The number of fused-ring (bicyclic) bond motifs is 13. The molecule has 0 atom stereocenters. The number of nitriles is 1. The summed E-state index contributed by atoms with van der Waals surface area (Å²) >= 11 is 0. The van der Waals surface area contributed by atoms with Crippen LogP contribution < -0.4 is 0 Å². The van der Waals surface area contributed by atoms with Crippen LogP contribution in [0.4, 0.5) is 0 Å². The van der Waals surface area contributed by atoms with Crippen LogP contribution in [0.25, 0.3) is 149 Å². The van der Waals surface area contributed by atoms with Crippen molar-refractivity contribution in [3.8, 4) is 56.8 Å². The molecular formula is C68H39N5O2. The van der Waals surface area contributed by atoms with Crippen LogP contribution in [0.1, 0.15) is 5.56 Å². The lowest BCUT2D eigenvalue weighted by atomic mass is 9.84. The average Bonchev–Trinajstić information content (AvgIpc) is 4.32. The van der Waals surface area contributed by atoms with Crippen molar-refractivity contribution in [3.63, 3.8) is 0 Å². The second-order valence-electron chi connectivity index (χ2n) is 19.3. The van der Waals surface area contributed by atoms with Crippen molar-refractivity contribution in [3.05, 3.63) is 242 Å². The Morgan fingerprint density at radius 3 is 1.24 bits per heavy atom. The number of hydrogen-bond acceptors (Lipinski definition) is 4. The van der Waals surface area contributed by atoms with Gasteiger partial charge in [0.1, 0.15) is 34.2 Å². The van der Waals surface area contributed by atoms with Crippen molar-refractivity contribution in [1.29, 1.82) is 5.26 Å². The second-order valence-corrected chi connectivity index (χ2v) is 19.3. The summed E-state index contributed by atoms with van der Waals surface area (Å²) in [5, 5.41) is 21.0. The molecule has 11 aromatic carbocycles. The Bertz CT molecular complexity index is 4990. The van der Waals surface area contributed by atoms with Crippen LogP contribution in [0, 0.1) is 11.3 Å². The first-order valence-electron chi connectivity index (χ1n) is 25.2. The SMILES string of the molecule is N#Cc1c(-c2nc3ccccc3n2-c2ccccc2)c(-c2ccc3oc4ccccc4c3c2)c(-n2c3ccccc3c3ccccc32)c(-n2c3ccccc3c3ccccc32)c1-c1ccc2oc3ccccc3c2c1. The van der Waals surface area contributed by atoms with Gasteiger partial charge in [-0.1, -0.05) is 152 Å². The Morgan fingerprint density at radius 1 is 0.333 bits per heavy atom. The molecule has 7 heteroatoms. The highest BCUT2D eigenvalue weighted by Gasteiger charge is 2.35. The lowest BCUT2D eigenvalue weighted by molar-refractivity contribution is 0.668. The van der Waals surface area contributed by atoms with Crippen molar-refractivity contribution in [2.75, 3.05) is 0 Å². The van der Waals surface area contributed by atoms with Crippen molar-refractivity contribution in [2.45, 2.75) is 0 Å². The van der Waals surface area contributed by atoms with E-state index in [1.165, 1.54) is 0 Å². The molecule has 0 spiro atoms. The number of aromatic nitrogens is 4. The van der Waals surface area contributed by atoms with Gasteiger partial charge in [0.25, 0.3) is 0 Å². The molecule has 0 aliphatic carbocycles. The molecule has 0 amide bonds. The lowest BCUT2D eigenvalue weighted by Crippen LogP contribution is -2.12. The minimum atomic E-state index is 0.475. The van der Waals surface area contributed by atoms with E-state index in [9.17, 15) is 5.26 Å². The highest BCUT2D eigenvalue weighted by atomic mass is 16.3. The highest BCUT2D eigenvalue weighted by Crippen LogP contribution is 2.53. The van der Waals surface area contributed by atoms with Crippen LogP contribution in [0.2, 0.25) is 0 Å². The second kappa shape index (κ2) is 15.8. The van der Waals surface area contributed by atoms with E-state index in [0.29, 0.717) is 17.0 Å². The molecule has 0 radical (unpaired) electrons. The quantitative estimate of drug-likeness (QED) is 0.166. The van der Waals surface area contributed by atoms with Gasteiger partial charge in [0, 0.05) is 65.5 Å². The first kappa shape index (κ1) is 41.2. The third-order valence-electron chi connectivity index (χ3n) is 15.3. The van der Waals surface area contributed by atoms with Crippen LogP contribution >= 0.6 is 0 Å². The number of furan rings is 2. The number of benzene rings is 11. The molecular weight excluding hydrogens is 919 g/mol. The summed E-state index contributed by atoms with van der Waals surface area (Å²) in [7, 11) is 0. The van der Waals surface area contributed by atoms with E-state index in [2.05, 4.69) is 220 Å². The number of para-hydroxylation sites is 9. The van der Waals surface area contributed by atoms with Gasteiger partial charge < -0.3 is 18.0 Å². The van der Waals surface area contributed by atoms with E-state index in [1.807, 2.05) is 36.4 Å². The molecule has 0 saturated heterocycles. The molecule has 16 rings (SSSR count). The van der Waals surface area contributed by atoms with Crippen molar-refractivity contribution in [2.24, 2.45) is 0 Å². The van der Waals surface area contributed by atoms with Crippen molar-refractivity contribution >= 4 is 98.5 Å². The minimum Gasteiger partial charge on any atom is -0.456 e. The number of rotatable bonds is 6. The topological polar surface area (TPSA) is 77.8 Å². The molecule has 0 aliphatic heterocycles. The average molecular weight is 958 g/mol. The standard InChI is InChI=1S/C68H39N5O2/c69-40-52-63(41-34-36-61-50(38-41)48-24-8-16-32-59(48)74-61)66(72-54-27-11-4-20-44(54)45-21-5-12-28-55(45)72)67(73-56-29-13-6-22-46(56)47-23-7-14-30-57(47)73)64(42-35-37-62-51(39-42)49-25-9-17-33-60(49)75-62)65(52)68-70-53-26-10-15-31-58(53)71(68)43-18-2-1-3-19-43/h1-39H. The molecule has 0 aliphatic rings. The van der Waals surface area contributed by atoms with E-state index in [0.717, 1.165) is 138 Å². The number of hydrogen-bond donors (Lipinski definition) is 0. The predicted molar refractivity (Wildman–Crippen MR) is 305 cm³/mol. The van der Waals surface area contributed by atoms with Gasteiger partial charge in [-0.25, -0.2) is 4.98 Å². The van der Waals surface area contributed by atoms with E-state index in [4.69, 9.17) is 13.8 Å².